The quantitative estimate of drug-likeness (QED) is 0.350. The Hall–Kier alpha value is 0.490. The maximum Gasteiger partial charge on any atom is 1.00 e. The van der Waals surface area contributed by atoms with Gasteiger partial charge in [0.2, 0.25) is 0 Å². The predicted molar refractivity (Wildman–Crippen MR) is 32.0 cm³/mol. The van der Waals surface area contributed by atoms with Crippen LogP contribution in [0.2, 0.25) is 0 Å². The normalized spacial score (nSPS) is 7.67. The molecule has 0 spiro atoms. The largest absolute Gasteiger partial charge is 1.00 e. The average molecular weight is 158 g/mol. The second-order valence-electron chi connectivity index (χ2n) is 1.29. The van der Waals surface area contributed by atoms with Crippen molar-refractivity contribution in [1.29, 1.82) is 0 Å². The van der Waals surface area contributed by atoms with E-state index < -0.39 is 5.97 Å². The Bertz CT molecular complexity index is 105. The van der Waals surface area contributed by atoms with Crippen molar-refractivity contribution in [2.75, 3.05) is 0 Å². The van der Waals surface area contributed by atoms with E-state index in [0.717, 1.165) is 0 Å². The van der Waals surface area contributed by atoms with Gasteiger partial charge in [0.1, 0.15) is 0 Å². The number of carbonyl (C=O) groups excluding carboxylic acids is 1. The summed E-state index contributed by atoms with van der Waals surface area (Å²) in [5.74, 6) is -0.965. The maximum absolute atomic E-state index is 9.95. The Kier molecular flexibility index (Phi) is 8.95. The smallest absolute Gasteiger partial charge is 1.00 e. The summed E-state index contributed by atoms with van der Waals surface area (Å²) in [4.78, 5) is 19.7. The molecule has 0 fully saturated rings. The van der Waals surface area contributed by atoms with Crippen LogP contribution in [-0.4, -0.2) is 16.2 Å². The van der Waals surface area contributed by atoms with Crippen LogP contribution in [0.3, 0.4) is 0 Å². The summed E-state index contributed by atoms with van der Waals surface area (Å²) in [6.45, 7) is 0. The van der Waals surface area contributed by atoms with Gasteiger partial charge in [-0.2, -0.15) is 0 Å². The van der Waals surface area contributed by atoms with Gasteiger partial charge in [0.05, 0.1) is 6.42 Å². The number of hydrogen-bond donors (Lipinski definition) is 2. The number of rotatable bonds is 3. The maximum atomic E-state index is 9.95. The van der Waals surface area contributed by atoms with E-state index in [1.165, 1.54) is 0 Å². The summed E-state index contributed by atoms with van der Waals surface area (Å²) in [5.41, 5.74) is 0. The molecule has 3 nitrogen and oxygen atoms in total. The number of aliphatic carboxylic acids is 1. The summed E-state index contributed by atoms with van der Waals surface area (Å²) in [6, 6.07) is 0. The minimum absolute atomic E-state index is 0. The van der Waals surface area contributed by atoms with E-state index in [1.807, 2.05) is 0 Å². The fourth-order valence-electron chi connectivity index (χ4n) is 0.214. The zero-order valence-corrected chi connectivity index (χ0v) is 8.02. The van der Waals surface area contributed by atoms with Crippen molar-refractivity contribution in [3.63, 3.8) is 0 Å². The van der Waals surface area contributed by atoms with Crippen LogP contribution in [-0.2, 0) is 9.59 Å². The van der Waals surface area contributed by atoms with E-state index in [9.17, 15) is 9.59 Å². The minimum atomic E-state index is -0.965. The van der Waals surface area contributed by atoms with Crippen molar-refractivity contribution >= 4 is 23.7 Å². The Morgan fingerprint density at radius 1 is 1.44 bits per heavy atom. The van der Waals surface area contributed by atoms with Crippen LogP contribution >= 0.6 is 12.6 Å². The molecule has 0 aliphatic carbocycles. The third-order valence-electron chi connectivity index (χ3n) is 0.553. The summed E-state index contributed by atoms with van der Waals surface area (Å²) >= 11 is 3.37. The molecule has 1 N–H and O–H groups in total. The van der Waals surface area contributed by atoms with Gasteiger partial charge in [-0.15, -0.1) is 12.6 Å². The fraction of sp³-hybridized carbons (Fsp3) is 0.500. The van der Waals surface area contributed by atoms with Gasteiger partial charge in [-0.1, -0.05) is 0 Å². The van der Waals surface area contributed by atoms with Gasteiger partial charge in [-0.05, 0) is 0 Å². The zero-order valence-electron chi connectivity index (χ0n) is 6.13. The molecule has 0 aromatic rings. The summed E-state index contributed by atoms with van der Waals surface area (Å²) < 4.78 is 0. The van der Waals surface area contributed by atoms with Crippen molar-refractivity contribution in [2.45, 2.75) is 12.8 Å². The summed E-state index contributed by atoms with van der Waals surface area (Å²) in [6.07, 6.45) is -0.110. The molecule has 0 aromatic heterocycles. The van der Waals surface area contributed by atoms with Crippen LogP contribution in [0, 0.1) is 0 Å². The molecule has 0 atom stereocenters. The van der Waals surface area contributed by atoms with Crippen molar-refractivity contribution < 1.29 is 45.7 Å². The predicted octanol–water partition coefficient (Wildman–Crippen LogP) is -2.58. The molecular formula is C4H7NaO3S. The van der Waals surface area contributed by atoms with Crippen LogP contribution in [0.15, 0.2) is 0 Å². The zero-order chi connectivity index (χ0) is 6.57. The Labute approximate surface area is 82.0 Å². The second kappa shape index (κ2) is 6.61. The first-order valence-electron chi connectivity index (χ1n) is 2.06. The fourth-order valence-corrected chi connectivity index (χ4v) is 0.326. The molecular weight excluding hydrogens is 151 g/mol. The van der Waals surface area contributed by atoms with E-state index in [-0.39, 0.29) is 48.9 Å². The summed E-state index contributed by atoms with van der Waals surface area (Å²) in [5, 5.41) is 7.59. The van der Waals surface area contributed by atoms with E-state index in [4.69, 9.17) is 5.11 Å². The molecule has 0 radical (unpaired) electrons. The first-order valence-corrected chi connectivity index (χ1v) is 2.51. The van der Waals surface area contributed by atoms with Gasteiger partial charge in [-0.3, -0.25) is 9.59 Å². The van der Waals surface area contributed by atoms with Crippen molar-refractivity contribution in [2.24, 2.45) is 0 Å². The SMILES string of the molecule is O=C(O)CCC(=O)S.[H-].[Na+]. The number of carbonyl (C=O) groups is 2. The third kappa shape index (κ3) is 11.9. The standard InChI is InChI=1S/C4H6O3S.Na.H/c5-3(6)1-2-4(7)8;;/h1-2H2,(H,5,6)(H,7,8);;/q;+1;-1. The molecule has 5 heteroatoms. The molecule has 0 bridgehead atoms. The number of hydrogen-bond acceptors (Lipinski definition) is 2. The monoisotopic (exact) mass is 158 g/mol. The first kappa shape index (κ1) is 12.2. The van der Waals surface area contributed by atoms with Gasteiger partial charge in [0.25, 0.3) is 0 Å². The Morgan fingerprint density at radius 2 is 1.89 bits per heavy atom. The Morgan fingerprint density at radius 3 is 2.00 bits per heavy atom. The third-order valence-corrected chi connectivity index (χ3v) is 0.776. The van der Waals surface area contributed by atoms with Crippen LogP contribution in [0.1, 0.15) is 14.3 Å². The molecule has 9 heavy (non-hydrogen) atoms. The van der Waals surface area contributed by atoms with E-state index in [0.29, 0.717) is 0 Å². The van der Waals surface area contributed by atoms with E-state index >= 15 is 0 Å². The molecule has 0 amide bonds. The van der Waals surface area contributed by atoms with E-state index in [2.05, 4.69) is 12.6 Å². The second-order valence-corrected chi connectivity index (χ2v) is 1.79. The molecule has 0 aromatic carbocycles. The number of carboxylic acids is 1. The molecule has 0 rings (SSSR count). The van der Waals surface area contributed by atoms with Crippen LogP contribution in [0.25, 0.3) is 0 Å². The van der Waals surface area contributed by atoms with Crippen LogP contribution in [0.4, 0.5) is 0 Å². The molecule has 0 heterocycles. The molecule has 0 saturated heterocycles. The first-order chi connectivity index (χ1) is 3.63. The molecule has 0 saturated carbocycles. The molecule has 48 valence electrons. The molecule has 0 unspecified atom stereocenters. The van der Waals surface area contributed by atoms with Gasteiger partial charge >= 0.3 is 35.5 Å². The Balaban J connectivity index is -0.000000245. The van der Waals surface area contributed by atoms with Gasteiger partial charge in [0.15, 0.2) is 5.12 Å². The van der Waals surface area contributed by atoms with Crippen LogP contribution < -0.4 is 29.6 Å². The average Bonchev–Trinajstić information content (AvgIpc) is 1.61. The minimum Gasteiger partial charge on any atom is -1.00 e. The van der Waals surface area contributed by atoms with Crippen LogP contribution in [0.5, 0.6) is 0 Å². The van der Waals surface area contributed by atoms with Crippen molar-refractivity contribution in [3.05, 3.63) is 0 Å². The van der Waals surface area contributed by atoms with E-state index in [1.54, 1.807) is 0 Å². The molecule has 0 aliphatic heterocycles. The number of thiol groups is 1. The number of carboxylic acid groups (broad SMARTS) is 1. The van der Waals surface area contributed by atoms with Gasteiger partial charge in [0, 0.05) is 6.42 Å². The molecule has 0 aliphatic rings. The van der Waals surface area contributed by atoms with Gasteiger partial charge in [-0.25, -0.2) is 0 Å². The summed E-state index contributed by atoms with van der Waals surface area (Å²) in [7, 11) is 0. The van der Waals surface area contributed by atoms with Crippen molar-refractivity contribution in [3.8, 4) is 0 Å². The van der Waals surface area contributed by atoms with Gasteiger partial charge < -0.3 is 6.53 Å². The topological polar surface area (TPSA) is 54.4 Å². The van der Waals surface area contributed by atoms with Crippen molar-refractivity contribution in [1.82, 2.24) is 0 Å².